The second kappa shape index (κ2) is 12.0. The summed E-state index contributed by atoms with van der Waals surface area (Å²) >= 11 is 1.84. The lowest BCUT2D eigenvalue weighted by Crippen LogP contribution is -2.48. The molecular formula is C24H34IN5OS. The summed E-state index contributed by atoms with van der Waals surface area (Å²) in [5.41, 5.74) is 2.30. The number of anilines is 1. The second-order valence-corrected chi connectivity index (χ2v) is 9.41. The van der Waals surface area contributed by atoms with Crippen molar-refractivity contribution in [2.45, 2.75) is 31.7 Å². The zero-order chi connectivity index (χ0) is 21.6. The molecule has 32 heavy (non-hydrogen) atoms. The number of thiophene rings is 1. The monoisotopic (exact) mass is 567 g/mol. The number of nitrogens with one attached hydrogen (secondary N) is 2. The highest BCUT2D eigenvalue weighted by atomic mass is 127. The normalized spacial score (nSPS) is 21.4. The average molecular weight is 568 g/mol. The molecule has 0 aliphatic carbocycles. The molecule has 1 amide bonds. The van der Waals surface area contributed by atoms with Crippen LogP contribution in [0.2, 0.25) is 0 Å². The molecule has 2 N–H and O–H groups in total. The highest BCUT2D eigenvalue weighted by Gasteiger charge is 2.31. The average Bonchev–Trinajstić information content (AvgIpc) is 3.33. The Hall–Kier alpha value is -1.65. The van der Waals surface area contributed by atoms with Crippen molar-refractivity contribution in [1.82, 2.24) is 15.5 Å². The lowest BCUT2D eigenvalue weighted by Gasteiger charge is -2.39. The van der Waals surface area contributed by atoms with E-state index in [4.69, 9.17) is 0 Å². The number of carbonyl (C=O) groups is 1. The predicted octanol–water partition coefficient (Wildman–Crippen LogP) is 3.89. The molecule has 2 unspecified atom stereocenters. The van der Waals surface area contributed by atoms with Gasteiger partial charge in [-0.3, -0.25) is 14.7 Å². The third-order valence-corrected chi connectivity index (χ3v) is 7.36. The van der Waals surface area contributed by atoms with E-state index in [0.717, 1.165) is 38.2 Å². The first-order valence-corrected chi connectivity index (χ1v) is 12.1. The molecule has 1 saturated heterocycles. The van der Waals surface area contributed by atoms with Crippen LogP contribution in [0.3, 0.4) is 0 Å². The van der Waals surface area contributed by atoms with Crippen LogP contribution >= 0.6 is 35.3 Å². The van der Waals surface area contributed by atoms with Crippen LogP contribution in [0, 0.1) is 5.92 Å². The van der Waals surface area contributed by atoms with Gasteiger partial charge in [-0.1, -0.05) is 24.3 Å². The summed E-state index contributed by atoms with van der Waals surface area (Å²) in [4.78, 5) is 23.1. The molecule has 1 aromatic heterocycles. The Balaban J connectivity index is 0.00000289. The fourth-order valence-corrected chi connectivity index (χ4v) is 5.86. The third-order valence-electron chi connectivity index (χ3n) is 6.42. The number of nitrogens with zero attached hydrogens (tertiary/aromatic N) is 3. The van der Waals surface area contributed by atoms with Gasteiger partial charge in [0, 0.05) is 36.7 Å². The maximum Gasteiger partial charge on any atom is 0.246 e. The van der Waals surface area contributed by atoms with Crippen LogP contribution in [-0.2, 0) is 11.2 Å². The summed E-state index contributed by atoms with van der Waals surface area (Å²) < 4.78 is 0. The Bertz CT molecular complexity index is 904. The van der Waals surface area contributed by atoms with Crippen LogP contribution in [0.25, 0.3) is 0 Å². The van der Waals surface area contributed by atoms with E-state index in [1.807, 2.05) is 34.4 Å². The molecule has 8 heteroatoms. The molecule has 0 radical (unpaired) electrons. The first-order valence-electron chi connectivity index (χ1n) is 11.2. The summed E-state index contributed by atoms with van der Waals surface area (Å²) in [7, 11) is 3.98. The van der Waals surface area contributed by atoms with Crippen LogP contribution < -0.4 is 15.5 Å². The van der Waals surface area contributed by atoms with Crippen molar-refractivity contribution in [3.8, 4) is 0 Å². The summed E-state index contributed by atoms with van der Waals surface area (Å²) in [5, 5.41) is 8.87. The van der Waals surface area contributed by atoms with Crippen molar-refractivity contribution in [1.29, 1.82) is 0 Å². The lowest BCUT2D eigenvalue weighted by molar-refractivity contribution is -0.117. The van der Waals surface area contributed by atoms with E-state index in [2.05, 4.69) is 51.2 Å². The molecule has 174 valence electrons. The van der Waals surface area contributed by atoms with Crippen molar-refractivity contribution in [2.75, 3.05) is 45.2 Å². The van der Waals surface area contributed by atoms with E-state index in [-0.39, 0.29) is 36.4 Å². The Morgan fingerprint density at radius 1 is 1.16 bits per heavy atom. The molecule has 2 aliphatic rings. The van der Waals surface area contributed by atoms with E-state index >= 15 is 0 Å². The van der Waals surface area contributed by atoms with Gasteiger partial charge in [-0.15, -0.1) is 35.3 Å². The third kappa shape index (κ3) is 5.82. The van der Waals surface area contributed by atoms with Crippen LogP contribution in [0.15, 0.2) is 46.8 Å². The molecule has 6 nitrogen and oxygen atoms in total. The highest BCUT2D eigenvalue weighted by molar-refractivity contribution is 14.0. The van der Waals surface area contributed by atoms with Gasteiger partial charge in [0.1, 0.15) is 0 Å². The number of benzene rings is 1. The number of para-hydroxylation sites is 1. The first-order chi connectivity index (χ1) is 15.2. The predicted molar refractivity (Wildman–Crippen MR) is 144 cm³/mol. The fraction of sp³-hybridized carbons (Fsp3) is 0.500. The molecule has 2 aliphatic heterocycles. The van der Waals surface area contributed by atoms with Gasteiger partial charge in [0.15, 0.2) is 5.96 Å². The minimum absolute atomic E-state index is 0. The van der Waals surface area contributed by atoms with Crippen LogP contribution in [-0.4, -0.2) is 57.0 Å². The minimum Gasteiger partial charge on any atom is -0.356 e. The number of carbonyl (C=O) groups excluding carboxylic acids is 1. The number of fused-ring (bicyclic) bond motifs is 1. The maximum absolute atomic E-state index is 12.9. The van der Waals surface area contributed by atoms with Gasteiger partial charge in [-0.25, -0.2) is 0 Å². The number of hydrogen-bond acceptors (Lipinski definition) is 4. The number of rotatable bonds is 5. The number of aliphatic imine (C=N–C) groups is 1. The SMILES string of the molecule is CN=C(NCC(=O)N1CCCc2ccccc21)NCC1CCCN(C)C1c1cccs1.I. The standard InChI is InChI=1S/C24H33N5OS.HI/c1-25-24(26-16-19-10-5-13-28(2)23(19)21-12-7-15-31-21)27-17-22(30)29-14-6-9-18-8-3-4-11-20(18)29;/h3-4,7-8,11-12,15,19,23H,5-6,9-10,13-14,16-17H2,1-2H3,(H2,25,26,27);1H. The van der Waals surface area contributed by atoms with Crippen LogP contribution in [0.4, 0.5) is 5.69 Å². The van der Waals surface area contributed by atoms with Gasteiger partial charge in [0.25, 0.3) is 0 Å². The fourth-order valence-electron chi connectivity index (χ4n) is 4.88. The summed E-state index contributed by atoms with van der Waals surface area (Å²) in [6, 6.07) is 13.0. The summed E-state index contributed by atoms with van der Waals surface area (Å²) in [6.07, 6.45) is 4.46. The van der Waals surface area contributed by atoms with Gasteiger partial charge in [-0.2, -0.15) is 0 Å². The molecule has 0 bridgehead atoms. The molecular weight excluding hydrogens is 533 g/mol. The number of halogens is 1. The van der Waals surface area contributed by atoms with Crippen molar-refractivity contribution in [3.63, 3.8) is 0 Å². The van der Waals surface area contributed by atoms with Crippen LogP contribution in [0.5, 0.6) is 0 Å². The van der Waals surface area contributed by atoms with Crippen molar-refractivity contribution in [3.05, 3.63) is 52.2 Å². The number of guanidine groups is 1. The summed E-state index contributed by atoms with van der Waals surface area (Å²) in [5.74, 6) is 1.29. The molecule has 2 aromatic rings. The highest BCUT2D eigenvalue weighted by Crippen LogP contribution is 2.36. The molecule has 4 rings (SSSR count). The second-order valence-electron chi connectivity index (χ2n) is 8.43. The number of aryl methyl sites for hydroxylation is 1. The molecule has 3 heterocycles. The number of hydrogen-bond donors (Lipinski definition) is 2. The van der Waals surface area contributed by atoms with Crippen molar-refractivity contribution >= 4 is 52.9 Å². The van der Waals surface area contributed by atoms with Gasteiger partial charge in [-0.05, 0) is 68.3 Å². The number of piperidine rings is 1. The molecule has 0 saturated carbocycles. The van der Waals surface area contributed by atoms with Gasteiger partial charge in [0.05, 0.1) is 6.54 Å². The first kappa shape index (κ1) is 25.0. The van der Waals surface area contributed by atoms with Crippen LogP contribution in [0.1, 0.15) is 35.7 Å². The maximum atomic E-state index is 12.9. The van der Waals surface area contributed by atoms with E-state index in [1.165, 1.54) is 23.3 Å². The zero-order valence-electron chi connectivity index (χ0n) is 18.9. The van der Waals surface area contributed by atoms with Gasteiger partial charge in [0.2, 0.25) is 5.91 Å². The largest absolute Gasteiger partial charge is 0.356 e. The summed E-state index contributed by atoms with van der Waals surface area (Å²) in [6.45, 7) is 3.00. The lowest BCUT2D eigenvalue weighted by atomic mass is 9.88. The smallest absolute Gasteiger partial charge is 0.246 e. The molecule has 1 fully saturated rings. The number of likely N-dealkylation sites (tertiary alicyclic amines) is 1. The molecule has 0 spiro atoms. The van der Waals surface area contributed by atoms with Gasteiger partial charge < -0.3 is 15.5 Å². The van der Waals surface area contributed by atoms with Gasteiger partial charge >= 0.3 is 0 Å². The minimum atomic E-state index is 0. The quantitative estimate of drug-likeness (QED) is 0.327. The van der Waals surface area contributed by atoms with E-state index in [9.17, 15) is 4.79 Å². The zero-order valence-corrected chi connectivity index (χ0v) is 22.1. The van der Waals surface area contributed by atoms with Crippen molar-refractivity contribution in [2.24, 2.45) is 10.9 Å². The molecule has 2 atom stereocenters. The van der Waals surface area contributed by atoms with E-state index in [1.54, 1.807) is 7.05 Å². The van der Waals surface area contributed by atoms with Crippen molar-refractivity contribution < 1.29 is 4.79 Å². The number of amides is 1. The topological polar surface area (TPSA) is 60.0 Å². The Kier molecular flexibility index (Phi) is 9.36. The molecule has 1 aromatic carbocycles. The Morgan fingerprint density at radius 2 is 2.00 bits per heavy atom. The van der Waals surface area contributed by atoms with E-state index < -0.39 is 0 Å². The van der Waals surface area contributed by atoms with E-state index in [0.29, 0.717) is 17.9 Å². The Morgan fingerprint density at radius 3 is 2.78 bits per heavy atom. The Labute approximate surface area is 212 Å².